The second kappa shape index (κ2) is 5.55. The number of halogens is 2. The van der Waals surface area contributed by atoms with E-state index in [9.17, 15) is 12.8 Å². The minimum Gasteiger partial charge on any atom is -0.409 e. The molecular formula is C11H13ClFN3O3S. The summed E-state index contributed by atoms with van der Waals surface area (Å²) >= 11 is 5.84. The van der Waals surface area contributed by atoms with Gasteiger partial charge >= 0.3 is 0 Å². The maximum Gasteiger partial charge on any atom is 0.245 e. The Balaban J connectivity index is 2.47. The van der Waals surface area contributed by atoms with Crippen LogP contribution in [0.3, 0.4) is 0 Å². The standard InChI is InChI=1S/C11H13ClFN3O3S/c12-8-4-3-7(13)6-10(8)20(18,19)16-5-1-2-9(16)11(14)15-17/h3-4,6,9,17H,1-2,5H2,(H2,14,15). The molecule has 0 spiro atoms. The molecule has 20 heavy (non-hydrogen) atoms. The molecule has 1 unspecified atom stereocenters. The lowest BCUT2D eigenvalue weighted by Crippen LogP contribution is -2.43. The molecule has 1 saturated heterocycles. The zero-order valence-corrected chi connectivity index (χ0v) is 11.9. The number of amidine groups is 1. The summed E-state index contributed by atoms with van der Waals surface area (Å²) in [5.41, 5.74) is 5.50. The summed E-state index contributed by atoms with van der Waals surface area (Å²) in [4.78, 5) is -0.322. The van der Waals surface area contributed by atoms with Crippen LogP contribution in [0.15, 0.2) is 28.3 Å². The van der Waals surface area contributed by atoms with E-state index in [1.165, 1.54) is 6.07 Å². The molecule has 1 aromatic rings. The van der Waals surface area contributed by atoms with Crippen molar-refractivity contribution in [3.63, 3.8) is 0 Å². The molecule has 0 amide bonds. The molecule has 3 N–H and O–H groups in total. The molecule has 1 aromatic carbocycles. The Morgan fingerprint density at radius 2 is 2.25 bits per heavy atom. The van der Waals surface area contributed by atoms with Crippen LogP contribution in [0.2, 0.25) is 5.02 Å². The van der Waals surface area contributed by atoms with Crippen molar-refractivity contribution in [1.82, 2.24) is 4.31 Å². The van der Waals surface area contributed by atoms with Crippen molar-refractivity contribution in [3.05, 3.63) is 29.0 Å². The molecule has 0 aliphatic carbocycles. The highest BCUT2D eigenvalue weighted by Gasteiger charge is 2.38. The fraction of sp³-hybridized carbons (Fsp3) is 0.364. The smallest absolute Gasteiger partial charge is 0.245 e. The van der Waals surface area contributed by atoms with E-state index >= 15 is 0 Å². The van der Waals surface area contributed by atoms with Crippen molar-refractivity contribution < 1.29 is 18.0 Å². The number of sulfonamides is 1. The van der Waals surface area contributed by atoms with Gasteiger partial charge in [-0.15, -0.1) is 0 Å². The number of benzene rings is 1. The average molecular weight is 322 g/mol. The lowest BCUT2D eigenvalue weighted by Gasteiger charge is -2.23. The summed E-state index contributed by atoms with van der Waals surface area (Å²) in [5, 5.41) is 11.5. The maximum absolute atomic E-state index is 13.3. The Morgan fingerprint density at radius 1 is 1.55 bits per heavy atom. The molecule has 1 fully saturated rings. The van der Waals surface area contributed by atoms with Crippen LogP contribution in [0.25, 0.3) is 0 Å². The Labute approximate surface area is 120 Å². The van der Waals surface area contributed by atoms with Gasteiger partial charge in [-0.1, -0.05) is 16.8 Å². The Bertz CT molecular complexity index is 650. The monoisotopic (exact) mass is 321 g/mol. The molecule has 1 atom stereocenters. The lowest BCUT2D eigenvalue weighted by molar-refractivity contribution is 0.311. The van der Waals surface area contributed by atoms with Crippen molar-refractivity contribution in [3.8, 4) is 0 Å². The fourth-order valence-electron chi connectivity index (χ4n) is 2.19. The van der Waals surface area contributed by atoms with Gasteiger partial charge in [-0.3, -0.25) is 0 Å². The van der Waals surface area contributed by atoms with Crippen LogP contribution in [0.1, 0.15) is 12.8 Å². The summed E-state index contributed by atoms with van der Waals surface area (Å²) in [6.07, 6.45) is 0.995. The minimum absolute atomic E-state index is 0.0726. The van der Waals surface area contributed by atoms with Gasteiger partial charge in [-0.05, 0) is 31.0 Å². The SMILES string of the molecule is N/C(=N/O)C1CCCN1S(=O)(=O)c1cc(F)ccc1Cl. The van der Waals surface area contributed by atoms with Crippen LogP contribution in [0, 0.1) is 5.82 Å². The largest absolute Gasteiger partial charge is 0.409 e. The molecule has 110 valence electrons. The summed E-state index contributed by atoms with van der Waals surface area (Å²) in [6.45, 7) is 0.204. The van der Waals surface area contributed by atoms with Crippen molar-refractivity contribution in [2.45, 2.75) is 23.8 Å². The quantitative estimate of drug-likeness (QED) is 0.380. The highest BCUT2D eigenvalue weighted by atomic mass is 35.5. The third-order valence-electron chi connectivity index (χ3n) is 3.14. The molecule has 1 aliphatic rings. The Kier molecular flexibility index (Phi) is 4.17. The highest BCUT2D eigenvalue weighted by molar-refractivity contribution is 7.89. The van der Waals surface area contributed by atoms with E-state index in [0.29, 0.717) is 12.8 Å². The van der Waals surface area contributed by atoms with E-state index in [0.717, 1.165) is 16.4 Å². The predicted molar refractivity (Wildman–Crippen MR) is 71.7 cm³/mol. The molecule has 1 aliphatic heterocycles. The third kappa shape index (κ3) is 2.58. The van der Waals surface area contributed by atoms with E-state index in [-0.39, 0.29) is 22.3 Å². The lowest BCUT2D eigenvalue weighted by atomic mass is 10.2. The average Bonchev–Trinajstić information content (AvgIpc) is 2.90. The fourth-order valence-corrected chi connectivity index (χ4v) is 4.35. The van der Waals surface area contributed by atoms with Gasteiger partial charge in [0, 0.05) is 6.54 Å². The number of nitrogens with two attached hydrogens (primary N) is 1. The number of hydrogen-bond acceptors (Lipinski definition) is 4. The Morgan fingerprint density at radius 3 is 2.90 bits per heavy atom. The van der Waals surface area contributed by atoms with Gasteiger partial charge < -0.3 is 10.9 Å². The molecule has 6 nitrogen and oxygen atoms in total. The van der Waals surface area contributed by atoms with E-state index in [2.05, 4.69) is 5.16 Å². The van der Waals surface area contributed by atoms with Gasteiger partial charge in [-0.25, -0.2) is 12.8 Å². The Hall–Kier alpha value is -1.38. The molecule has 0 aromatic heterocycles. The molecule has 1 heterocycles. The van der Waals surface area contributed by atoms with Gasteiger partial charge in [0.1, 0.15) is 10.7 Å². The van der Waals surface area contributed by atoms with Crippen molar-refractivity contribution in [2.24, 2.45) is 10.9 Å². The van der Waals surface area contributed by atoms with Crippen LogP contribution in [-0.4, -0.2) is 36.4 Å². The van der Waals surface area contributed by atoms with Gasteiger partial charge in [0.25, 0.3) is 0 Å². The second-order valence-corrected chi connectivity index (χ2v) is 6.64. The van der Waals surface area contributed by atoms with E-state index in [4.69, 9.17) is 22.5 Å². The molecule has 0 saturated carbocycles. The molecular weight excluding hydrogens is 309 g/mol. The number of hydrogen-bond donors (Lipinski definition) is 2. The third-order valence-corrected chi connectivity index (χ3v) is 5.53. The van der Waals surface area contributed by atoms with Crippen molar-refractivity contribution in [1.29, 1.82) is 0 Å². The minimum atomic E-state index is -4.01. The first-order valence-electron chi connectivity index (χ1n) is 5.82. The maximum atomic E-state index is 13.3. The first kappa shape index (κ1) is 15.0. The number of rotatable bonds is 3. The summed E-state index contributed by atoms with van der Waals surface area (Å²) in [6, 6.07) is 2.37. The van der Waals surface area contributed by atoms with Gasteiger partial charge in [0.05, 0.1) is 11.1 Å². The van der Waals surface area contributed by atoms with E-state index in [1.54, 1.807) is 0 Å². The zero-order valence-electron chi connectivity index (χ0n) is 10.3. The topological polar surface area (TPSA) is 96.0 Å². The van der Waals surface area contributed by atoms with Crippen LogP contribution in [-0.2, 0) is 10.0 Å². The predicted octanol–water partition coefficient (Wildman–Crippen LogP) is 1.38. The molecule has 0 radical (unpaired) electrons. The van der Waals surface area contributed by atoms with E-state index < -0.39 is 21.9 Å². The van der Waals surface area contributed by atoms with Crippen LogP contribution < -0.4 is 5.73 Å². The van der Waals surface area contributed by atoms with Crippen molar-refractivity contribution in [2.75, 3.05) is 6.54 Å². The van der Waals surface area contributed by atoms with E-state index in [1.807, 2.05) is 0 Å². The first-order valence-corrected chi connectivity index (χ1v) is 7.64. The number of nitrogens with zero attached hydrogens (tertiary/aromatic N) is 2. The molecule has 2 rings (SSSR count). The molecule has 0 bridgehead atoms. The summed E-state index contributed by atoms with van der Waals surface area (Å²) in [5.74, 6) is -0.897. The first-order chi connectivity index (χ1) is 9.37. The second-order valence-electron chi connectivity index (χ2n) is 4.37. The van der Waals surface area contributed by atoms with Gasteiger partial charge in [-0.2, -0.15) is 4.31 Å². The summed E-state index contributed by atoms with van der Waals surface area (Å²) < 4.78 is 39.4. The molecule has 9 heteroatoms. The summed E-state index contributed by atoms with van der Waals surface area (Å²) in [7, 11) is -4.01. The normalized spacial score (nSPS) is 21.3. The number of oxime groups is 1. The van der Waals surface area contributed by atoms with Crippen LogP contribution in [0.5, 0.6) is 0 Å². The van der Waals surface area contributed by atoms with Crippen LogP contribution in [0.4, 0.5) is 4.39 Å². The van der Waals surface area contributed by atoms with Gasteiger partial charge in [0.15, 0.2) is 5.84 Å². The van der Waals surface area contributed by atoms with Crippen LogP contribution >= 0.6 is 11.6 Å². The van der Waals surface area contributed by atoms with Crippen molar-refractivity contribution >= 4 is 27.5 Å². The van der Waals surface area contributed by atoms with Gasteiger partial charge in [0.2, 0.25) is 10.0 Å². The zero-order chi connectivity index (χ0) is 14.9. The highest BCUT2D eigenvalue weighted by Crippen LogP contribution is 2.30.